The fourth-order valence-corrected chi connectivity index (χ4v) is 1.96. The first-order chi connectivity index (χ1) is 8.55. The quantitative estimate of drug-likeness (QED) is 0.769. The number of hydrogen-bond acceptors (Lipinski definition) is 3. The molecule has 0 saturated carbocycles. The number of rotatable bonds is 2. The number of piperidine rings is 1. The minimum atomic E-state index is -4.78. The van der Waals surface area contributed by atoms with Crippen LogP contribution in [-0.4, -0.2) is 47.6 Å². The summed E-state index contributed by atoms with van der Waals surface area (Å²) in [5.74, 6) is -1.31. The molecule has 1 saturated heterocycles. The number of nitrogens with zero attached hydrogens (tertiary/aromatic N) is 1. The predicted octanol–water partition coefficient (Wildman–Crippen LogP) is 0.393. The van der Waals surface area contributed by atoms with Crippen molar-refractivity contribution in [3.05, 3.63) is 0 Å². The second kappa shape index (κ2) is 5.36. The van der Waals surface area contributed by atoms with E-state index in [0.717, 1.165) is 4.90 Å². The van der Waals surface area contributed by atoms with Crippen LogP contribution in [0.25, 0.3) is 0 Å². The predicted molar refractivity (Wildman–Crippen MR) is 62.1 cm³/mol. The monoisotopic (exact) mass is 281 g/mol. The van der Waals surface area contributed by atoms with Crippen LogP contribution in [0.2, 0.25) is 0 Å². The number of nitrogens with two attached hydrogens (primary N) is 1. The number of hydrogen-bond donors (Lipinski definition) is 2. The maximum atomic E-state index is 12.7. The molecule has 0 bridgehead atoms. The Balaban J connectivity index is 2.61. The van der Waals surface area contributed by atoms with Gasteiger partial charge in [-0.05, 0) is 19.8 Å². The molecular weight excluding hydrogens is 263 g/mol. The summed E-state index contributed by atoms with van der Waals surface area (Å²) in [5.41, 5.74) is 2.23. The third-order valence-corrected chi connectivity index (χ3v) is 3.22. The molecule has 1 atom stereocenters. The van der Waals surface area contributed by atoms with Crippen molar-refractivity contribution in [3.63, 3.8) is 0 Å². The molecule has 0 spiro atoms. The van der Waals surface area contributed by atoms with Gasteiger partial charge in [-0.3, -0.25) is 9.59 Å². The Kier molecular flexibility index (Phi) is 4.44. The number of nitrogens with one attached hydrogen (secondary N) is 1. The van der Waals surface area contributed by atoms with Crippen molar-refractivity contribution >= 4 is 11.8 Å². The Hall–Kier alpha value is -1.31. The highest BCUT2D eigenvalue weighted by atomic mass is 19.4. The smallest absolute Gasteiger partial charge is 0.353 e. The second-order valence-electron chi connectivity index (χ2n) is 4.97. The van der Waals surface area contributed by atoms with Crippen LogP contribution in [0, 0.1) is 0 Å². The summed E-state index contributed by atoms with van der Waals surface area (Å²) >= 11 is 0. The Morgan fingerprint density at radius 2 is 1.74 bits per heavy atom. The van der Waals surface area contributed by atoms with Gasteiger partial charge in [-0.1, -0.05) is 0 Å². The Labute approximate surface area is 109 Å². The Morgan fingerprint density at radius 3 is 2.11 bits per heavy atom. The molecule has 8 heteroatoms. The summed E-state index contributed by atoms with van der Waals surface area (Å²) in [7, 11) is 0. The third kappa shape index (κ3) is 3.59. The van der Waals surface area contributed by atoms with E-state index in [0.29, 0.717) is 19.8 Å². The zero-order valence-electron chi connectivity index (χ0n) is 10.9. The van der Waals surface area contributed by atoms with Gasteiger partial charge in [-0.15, -0.1) is 0 Å². The van der Waals surface area contributed by atoms with Gasteiger partial charge in [-0.2, -0.15) is 13.2 Å². The molecule has 2 amide bonds. The molecule has 3 N–H and O–H groups in total. The fourth-order valence-electron chi connectivity index (χ4n) is 1.96. The van der Waals surface area contributed by atoms with Gasteiger partial charge in [0.1, 0.15) is 0 Å². The van der Waals surface area contributed by atoms with Crippen LogP contribution in [-0.2, 0) is 9.59 Å². The van der Waals surface area contributed by atoms with Gasteiger partial charge >= 0.3 is 6.18 Å². The average molecular weight is 281 g/mol. The standard InChI is InChI=1S/C11H18F3N3O2/c1-7(18)16-8-3-5-17(6-4-8)9(19)10(2,15)11(12,13)14/h8H,3-6,15H2,1-2H3,(H,16,18). The molecular formula is C11H18F3N3O2. The normalized spacial score (nSPS) is 20.8. The lowest BCUT2D eigenvalue weighted by molar-refractivity contribution is -0.194. The van der Waals surface area contributed by atoms with E-state index >= 15 is 0 Å². The molecule has 19 heavy (non-hydrogen) atoms. The van der Waals surface area contributed by atoms with E-state index in [-0.39, 0.29) is 25.0 Å². The van der Waals surface area contributed by atoms with Crippen molar-refractivity contribution in [1.29, 1.82) is 0 Å². The SMILES string of the molecule is CC(=O)NC1CCN(C(=O)C(C)(N)C(F)(F)F)CC1. The van der Waals surface area contributed by atoms with Crippen LogP contribution in [0.3, 0.4) is 0 Å². The van der Waals surface area contributed by atoms with Crippen LogP contribution in [0.5, 0.6) is 0 Å². The summed E-state index contributed by atoms with van der Waals surface area (Å²) in [5, 5.41) is 2.68. The van der Waals surface area contributed by atoms with Gasteiger partial charge in [-0.25, -0.2) is 0 Å². The van der Waals surface area contributed by atoms with Crippen molar-refractivity contribution in [1.82, 2.24) is 10.2 Å². The van der Waals surface area contributed by atoms with Gasteiger partial charge in [0.05, 0.1) is 0 Å². The van der Waals surface area contributed by atoms with Crippen molar-refractivity contribution < 1.29 is 22.8 Å². The molecule has 0 aromatic rings. The summed E-state index contributed by atoms with van der Waals surface area (Å²) in [6.07, 6.45) is -3.92. The van der Waals surface area contributed by atoms with Crippen molar-refractivity contribution in [2.75, 3.05) is 13.1 Å². The first-order valence-corrected chi connectivity index (χ1v) is 5.98. The minimum Gasteiger partial charge on any atom is -0.353 e. The zero-order valence-corrected chi connectivity index (χ0v) is 10.9. The molecule has 1 aliphatic heterocycles. The lowest BCUT2D eigenvalue weighted by Crippen LogP contribution is -2.63. The highest BCUT2D eigenvalue weighted by Crippen LogP contribution is 2.30. The van der Waals surface area contributed by atoms with Crippen LogP contribution >= 0.6 is 0 Å². The number of amides is 2. The van der Waals surface area contributed by atoms with Crippen molar-refractivity contribution in [2.24, 2.45) is 5.73 Å². The van der Waals surface area contributed by atoms with Crippen LogP contribution in [0.4, 0.5) is 13.2 Å². The number of carbonyl (C=O) groups excluding carboxylic acids is 2. The number of halogens is 3. The van der Waals surface area contributed by atoms with E-state index in [1.165, 1.54) is 6.92 Å². The Bertz CT molecular complexity index is 361. The fraction of sp³-hybridized carbons (Fsp3) is 0.818. The molecule has 1 heterocycles. The molecule has 0 aliphatic carbocycles. The van der Waals surface area contributed by atoms with Gasteiger partial charge < -0.3 is 16.0 Å². The lowest BCUT2D eigenvalue weighted by Gasteiger charge is -2.37. The zero-order chi connectivity index (χ0) is 14.8. The topological polar surface area (TPSA) is 75.4 Å². The summed E-state index contributed by atoms with van der Waals surface area (Å²) in [6, 6.07) is -0.100. The van der Waals surface area contributed by atoms with Gasteiger partial charge in [0.2, 0.25) is 5.91 Å². The summed E-state index contributed by atoms with van der Waals surface area (Å²) < 4.78 is 38.0. The summed E-state index contributed by atoms with van der Waals surface area (Å²) in [4.78, 5) is 23.7. The average Bonchev–Trinajstić information content (AvgIpc) is 2.26. The molecule has 0 aromatic heterocycles. The minimum absolute atomic E-state index is 0.100. The first-order valence-electron chi connectivity index (χ1n) is 5.98. The second-order valence-corrected chi connectivity index (χ2v) is 4.97. The van der Waals surface area contributed by atoms with Gasteiger partial charge in [0.15, 0.2) is 5.54 Å². The van der Waals surface area contributed by atoms with E-state index in [1.54, 1.807) is 0 Å². The van der Waals surface area contributed by atoms with Crippen molar-refractivity contribution in [2.45, 2.75) is 44.4 Å². The van der Waals surface area contributed by atoms with E-state index < -0.39 is 17.6 Å². The van der Waals surface area contributed by atoms with Crippen molar-refractivity contribution in [3.8, 4) is 0 Å². The van der Waals surface area contributed by atoms with E-state index in [1.807, 2.05) is 0 Å². The molecule has 1 rings (SSSR count). The lowest BCUT2D eigenvalue weighted by atomic mass is 9.98. The Morgan fingerprint density at radius 1 is 1.26 bits per heavy atom. The third-order valence-electron chi connectivity index (χ3n) is 3.22. The van der Waals surface area contributed by atoms with E-state index in [9.17, 15) is 22.8 Å². The molecule has 5 nitrogen and oxygen atoms in total. The molecule has 110 valence electrons. The highest BCUT2D eigenvalue weighted by molar-refractivity contribution is 5.86. The van der Waals surface area contributed by atoms with Gasteiger partial charge in [0.25, 0.3) is 5.91 Å². The maximum Gasteiger partial charge on any atom is 0.415 e. The van der Waals surface area contributed by atoms with Crippen LogP contribution in [0.15, 0.2) is 0 Å². The number of likely N-dealkylation sites (tertiary alicyclic amines) is 1. The molecule has 0 aromatic carbocycles. The van der Waals surface area contributed by atoms with E-state index in [4.69, 9.17) is 5.73 Å². The maximum absolute atomic E-state index is 12.7. The molecule has 1 unspecified atom stereocenters. The molecule has 1 fully saturated rings. The van der Waals surface area contributed by atoms with E-state index in [2.05, 4.69) is 5.32 Å². The highest BCUT2D eigenvalue weighted by Gasteiger charge is 2.55. The van der Waals surface area contributed by atoms with Crippen LogP contribution < -0.4 is 11.1 Å². The molecule has 0 radical (unpaired) electrons. The number of alkyl halides is 3. The van der Waals surface area contributed by atoms with Crippen LogP contribution in [0.1, 0.15) is 26.7 Å². The molecule has 1 aliphatic rings. The summed E-state index contributed by atoms with van der Waals surface area (Å²) in [6.45, 7) is 2.37. The largest absolute Gasteiger partial charge is 0.415 e. The first kappa shape index (κ1) is 15.7. The van der Waals surface area contributed by atoms with Gasteiger partial charge in [0, 0.05) is 26.1 Å². The number of carbonyl (C=O) groups is 2.